The van der Waals surface area contributed by atoms with Crippen molar-refractivity contribution >= 4 is 10.0 Å². The molecule has 0 bridgehead atoms. The Hall–Kier alpha value is -2.63. The summed E-state index contributed by atoms with van der Waals surface area (Å²) < 4.78 is 50.5. The lowest BCUT2D eigenvalue weighted by molar-refractivity contribution is 0.321. The van der Waals surface area contributed by atoms with Crippen LogP contribution in [0.15, 0.2) is 47.6 Å². The van der Waals surface area contributed by atoms with Gasteiger partial charge in [-0.2, -0.15) is 4.72 Å². The average Bonchev–Trinajstić information content (AvgIpc) is 2.60. The first-order valence-electron chi connectivity index (χ1n) is 7.43. The Kier molecular flexibility index (Phi) is 6.74. The summed E-state index contributed by atoms with van der Waals surface area (Å²) in [6, 6.07) is 6.92. The number of benzene rings is 1. The van der Waals surface area contributed by atoms with Gasteiger partial charge in [0.15, 0.2) is 11.6 Å². The summed E-state index contributed by atoms with van der Waals surface area (Å²) in [5.74, 6) is 5.14. The fraction of sp³-hybridized carbons (Fsp3) is 0.235. The van der Waals surface area contributed by atoms with Gasteiger partial charge in [-0.3, -0.25) is 4.98 Å². The quantitative estimate of drug-likeness (QED) is 0.760. The molecule has 25 heavy (non-hydrogen) atoms. The highest BCUT2D eigenvalue weighted by molar-refractivity contribution is 7.89. The van der Waals surface area contributed by atoms with Crippen LogP contribution < -0.4 is 14.2 Å². The molecule has 0 spiro atoms. The smallest absolute Gasteiger partial charge is 0.241 e. The summed E-state index contributed by atoms with van der Waals surface area (Å²) in [7, 11) is -3.85. The van der Waals surface area contributed by atoms with Gasteiger partial charge in [0.25, 0.3) is 0 Å². The largest absolute Gasteiger partial charge is 0.491 e. The Morgan fingerprint density at radius 3 is 2.76 bits per heavy atom. The topological polar surface area (TPSA) is 77.5 Å². The minimum atomic E-state index is -3.85. The SMILES string of the molecule is CCOc1ccc(S(=O)(=O)NCC#CCOc2cccnc2)cc1F. The van der Waals surface area contributed by atoms with Crippen LogP contribution in [0.25, 0.3) is 0 Å². The molecule has 2 rings (SSSR count). The molecule has 0 saturated heterocycles. The number of ether oxygens (including phenoxy) is 2. The van der Waals surface area contributed by atoms with Gasteiger partial charge in [-0.1, -0.05) is 11.8 Å². The second kappa shape index (κ2) is 9.01. The van der Waals surface area contributed by atoms with E-state index in [1.165, 1.54) is 12.1 Å². The lowest BCUT2D eigenvalue weighted by Gasteiger charge is -2.07. The number of nitrogens with zero attached hydrogens (tertiary/aromatic N) is 1. The van der Waals surface area contributed by atoms with Crippen molar-refractivity contribution in [3.05, 3.63) is 48.5 Å². The predicted octanol–water partition coefficient (Wildman–Crippen LogP) is 1.98. The minimum Gasteiger partial charge on any atom is -0.491 e. The highest BCUT2D eigenvalue weighted by Gasteiger charge is 2.15. The van der Waals surface area contributed by atoms with Crippen molar-refractivity contribution in [2.75, 3.05) is 19.8 Å². The van der Waals surface area contributed by atoms with E-state index >= 15 is 0 Å². The van der Waals surface area contributed by atoms with Gasteiger partial charge in [0.1, 0.15) is 12.4 Å². The fourth-order valence-corrected chi connectivity index (χ4v) is 2.74. The first-order valence-corrected chi connectivity index (χ1v) is 8.92. The summed E-state index contributed by atoms with van der Waals surface area (Å²) >= 11 is 0. The Morgan fingerprint density at radius 1 is 1.24 bits per heavy atom. The maximum atomic E-state index is 13.8. The van der Waals surface area contributed by atoms with Crippen molar-refractivity contribution in [2.45, 2.75) is 11.8 Å². The van der Waals surface area contributed by atoms with Crippen LogP contribution in [0, 0.1) is 17.7 Å². The van der Waals surface area contributed by atoms with Gasteiger partial charge in [0.05, 0.1) is 24.2 Å². The van der Waals surface area contributed by atoms with E-state index in [0.29, 0.717) is 5.75 Å². The van der Waals surface area contributed by atoms with Crippen LogP contribution in [0.2, 0.25) is 0 Å². The molecule has 1 heterocycles. The molecule has 1 N–H and O–H groups in total. The number of hydrogen-bond acceptors (Lipinski definition) is 5. The molecule has 0 atom stereocenters. The molecule has 0 amide bonds. The molecule has 6 nitrogen and oxygen atoms in total. The van der Waals surface area contributed by atoms with Crippen LogP contribution in [0.3, 0.4) is 0 Å². The third-order valence-corrected chi connectivity index (χ3v) is 4.33. The lowest BCUT2D eigenvalue weighted by atomic mass is 10.3. The molecule has 2 aromatic rings. The van der Waals surface area contributed by atoms with Crippen molar-refractivity contribution in [3.8, 4) is 23.3 Å². The number of hydrogen-bond donors (Lipinski definition) is 1. The molecule has 132 valence electrons. The Morgan fingerprint density at radius 2 is 2.08 bits per heavy atom. The zero-order valence-electron chi connectivity index (χ0n) is 13.5. The molecule has 0 fully saturated rings. The van der Waals surface area contributed by atoms with Crippen molar-refractivity contribution < 1.29 is 22.3 Å². The maximum Gasteiger partial charge on any atom is 0.241 e. The number of nitrogens with one attached hydrogen (secondary N) is 1. The van der Waals surface area contributed by atoms with Gasteiger partial charge in [-0.15, -0.1) is 0 Å². The third kappa shape index (κ3) is 5.74. The number of sulfonamides is 1. The van der Waals surface area contributed by atoms with E-state index in [9.17, 15) is 12.8 Å². The average molecular weight is 364 g/mol. The normalized spacial score (nSPS) is 10.6. The van der Waals surface area contributed by atoms with Crippen LogP contribution in [0.1, 0.15) is 6.92 Å². The van der Waals surface area contributed by atoms with Gasteiger partial charge in [0, 0.05) is 6.20 Å². The highest BCUT2D eigenvalue weighted by Crippen LogP contribution is 2.20. The molecule has 0 aliphatic heterocycles. The van der Waals surface area contributed by atoms with Crippen molar-refractivity contribution in [2.24, 2.45) is 0 Å². The van der Waals surface area contributed by atoms with Gasteiger partial charge >= 0.3 is 0 Å². The van der Waals surface area contributed by atoms with E-state index < -0.39 is 15.8 Å². The Labute approximate surface area is 146 Å². The molecule has 8 heteroatoms. The Bertz CT molecular complexity index is 861. The van der Waals surface area contributed by atoms with Gasteiger partial charge < -0.3 is 9.47 Å². The van der Waals surface area contributed by atoms with E-state index in [-0.39, 0.29) is 30.4 Å². The first kappa shape index (κ1) is 18.7. The van der Waals surface area contributed by atoms with Gasteiger partial charge in [-0.25, -0.2) is 12.8 Å². The zero-order chi connectivity index (χ0) is 18.1. The first-order chi connectivity index (χ1) is 12.0. The van der Waals surface area contributed by atoms with E-state index in [4.69, 9.17) is 9.47 Å². The van der Waals surface area contributed by atoms with E-state index in [1.54, 1.807) is 31.5 Å². The standard InChI is InChI=1S/C17H17FN2O4S/c1-2-23-17-8-7-15(12-16(17)18)25(21,22)20-10-3-4-11-24-14-6-5-9-19-13-14/h5-9,12-13,20H,2,10-11H2,1H3. The molecule has 1 aromatic carbocycles. The van der Waals surface area contributed by atoms with Crippen molar-refractivity contribution in [3.63, 3.8) is 0 Å². The molecule has 0 radical (unpaired) electrons. The summed E-state index contributed by atoms with van der Waals surface area (Å²) in [5.41, 5.74) is 0. The fourth-order valence-electron chi connectivity index (χ4n) is 1.80. The molecular formula is C17H17FN2O4S. The second-order valence-corrected chi connectivity index (χ2v) is 6.45. The van der Waals surface area contributed by atoms with Crippen LogP contribution in [0.4, 0.5) is 4.39 Å². The monoisotopic (exact) mass is 364 g/mol. The zero-order valence-corrected chi connectivity index (χ0v) is 14.3. The van der Waals surface area contributed by atoms with E-state index in [0.717, 1.165) is 6.07 Å². The van der Waals surface area contributed by atoms with Gasteiger partial charge in [-0.05, 0) is 37.3 Å². The summed E-state index contributed by atoms with van der Waals surface area (Å²) in [6.07, 6.45) is 3.17. The summed E-state index contributed by atoms with van der Waals surface area (Å²) in [6.45, 7) is 1.99. The third-order valence-electron chi connectivity index (χ3n) is 2.93. The highest BCUT2D eigenvalue weighted by atomic mass is 32.2. The number of halogens is 1. The lowest BCUT2D eigenvalue weighted by Crippen LogP contribution is -2.24. The number of rotatable bonds is 7. The predicted molar refractivity (Wildman–Crippen MR) is 90.3 cm³/mol. The number of pyridine rings is 1. The minimum absolute atomic E-state index is 0.00814. The van der Waals surface area contributed by atoms with Crippen molar-refractivity contribution in [1.29, 1.82) is 0 Å². The maximum absolute atomic E-state index is 13.8. The molecule has 0 aliphatic carbocycles. The van der Waals surface area contributed by atoms with Gasteiger partial charge in [0.2, 0.25) is 10.0 Å². The molecule has 0 aliphatic rings. The summed E-state index contributed by atoms with van der Waals surface area (Å²) in [5, 5.41) is 0. The van der Waals surface area contributed by atoms with Crippen LogP contribution in [-0.2, 0) is 10.0 Å². The summed E-state index contributed by atoms with van der Waals surface area (Å²) in [4.78, 5) is 3.69. The molecule has 0 saturated carbocycles. The number of aromatic nitrogens is 1. The van der Waals surface area contributed by atoms with Crippen LogP contribution in [0.5, 0.6) is 11.5 Å². The van der Waals surface area contributed by atoms with E-state index in [1.807, 2.05) is 0 Å². The van der Waals surface area contributed by atoms with E-state index in [2.05, 4.69) is 21.5 Å². The second-order valence-electron chi connectivity index (χ2n) is 4.68. The molecule has 0 unspecified atom stereocenters. The van der Waals surface area contributed by atoms with Crippen LogP contribution in [-0.4, -0.2) is 33.2 Å². The Balaban J connectivity index is 1.87. The van der Waals surface area contributed by atoms with Crippen LogP contribution >= 0.6 is 0 Å². The molecule has 1 aromatic heterocycles. The van der Waals surface area contributed by atoms with Crippen molar-refractivity contribution in [1.82, 2.24) is 9.71 Å². The molecular weight excluding hydrogens is 347 g/mol.